The van der Waals surface area contributed by atoms with Crippen LogP contribution in [0.25, 0.3) is 10.8 Å². The molecule has 0 aromatic heterocycles. The molecule has 1 unspecified atom stereocenters. The summed E-state index contributed by atoms with van der Waals surface area (Å²) in [4.78, 5) is 10.9. The van der Waals surface area contributed by atoms with E-state index < -0.39 is 9.89 Å². The van der Waals surface area contributed by atoms with Crippen LogP contribution in [-0.4, -0.2) is 18.2 Å². The fraction of sp³-hybridized carbons (Fsp3) is 0.154. The molecule has 0 aliphatic carbocycles. The lowest BCUT2D eigenvalue weighted by Crippen LogP contribution is -2.03. The third kappa shape index (κ3) is 2.52. The maximum atomic E-state index is 10.9. The number of carboxylic acid groups (broad SMARTS) is 1. The van der Waals surface area contributed by atoms with Crippen molar-refractivity contribution in [2.75, 3.05) is 7.11 Å². The Morgan fingerprint density at radius 1 is 1.24 bits per heavy atom. The average Bonchev–Trinajstić information content (AvgIpc) is 2.36. The highest BCUT2D eigenvalue weighted by Crippen LogP contribution is 2.28. The highest BCUT2D eigenvalue weighted by Gasteiger charge is 2.15. The van der Waals surface area contributed by atoms with Crippen molar-refractivity contribution in [2.24, 2.45) is 0 Å². The van der Waals surface area contributed by atoms with Crippen molar-refractivity contribution in [2.45, 2.75) is 3.92 Å². The molecule has 17 heavy (non-hydrogen) atoms. The number of hydrogen-bond donors (Lipinski definition) is 1. The van der Waals surface area contributed by atoms with Gasteiger partial charge in [0.1, 0.15) is 9.67 Å². The molecule has 0 saturated heterocycles. The minimum Gasteiger partial charge on any atom is -0.497 e. The van der Waals surface area contributed by atoms with Crippen molar-refractivity contribution in [1.29, 1.82) is 0 Å². The van der Waals surface area contributed by atoms with Crippen LogP contribution in [-0.2, 0) is 4.79 Å². The molecule has 0 heterocycles. The molecule has 0 aliphatic heterocycles. The van der Waals surface area contributed by atoms with E-state index in [1.807, 2.05) is 59.0 Å². The zero-order valence-corrected chi connectivity index (χ0v) is 11.3. The Morgan fingerprint density at radius 2 is 1.88 bits per heavy atom. The van der Waals surface area contributed by atoms with Crippen LogP contribution < -0.4 is 4.74 Å². The van der Waals surface area contributed by atoms with Gasteiger partial charge in [-0.3, -0.25) is 4.79 Å². The SMILES string of the molecule is COc1ccc2cc(C(I)C(=O)O)ccc2c1. The number of hydrogen-bond acceptors (Lipinski definition) is 2. The van der Waals surface area contributed by atoms with Gasteiger partial charge in [-0.2, -0.15) is 0 Å². The molecule has 0 spiro atoms. The second-order valence-electron chi connectivity index (χ2n) is 3.67. The quantitative estimate of drug-likeness (QED) is 0.687. The largest absolute Gasteiger partial charge is 0.497 e. The molecule has 0 radical (unpaired) electrons. The summed E-state index contributed by atoms with van der Waals surface area (Å²) in [5.74, 6) is -0.0204. The van der Waals surface area contributed by atoms with Crippen molar-refractivity contribution in [3.05, 3.63) is 42.0 Å². The van der Waals surface area contributed by atoms with Gasteiger partial charge in [0, 0.05) is 0 Å². The van der Waals surface area contributed by atoms with Gasteiger partial charge in [-0.25, -0.2) is 0 Å². The average molecular weight is 342 g/mol. The lowest BCUT2D eigenvalue weighted by atomic mass is 10.0. The van der Waals surface area contributed by atoms with E-state index in [-0.39, 0.29) is 0 Å². The number of carbonyl (C=O) groups is 1. The summed E-state index contributed by atoms with van der Waals surface area (Å²) >= 11 is 1.92. The van der Waals surface area contributed by atoms with Crippen molar-refractivity contribution in [1.82, 2.24) is 0 Å². The van der Waals surface area contributed by atoms with Gasteiger partial charge in [-0.15, -0.1) is 0 Å². The molecule has 3 nitrogen and oxygen atoms in total. The van der Waals surface area contributed by atoms with E-state index in [1.54, 1.807) is 7.11 Å². The Labute approximate surface area is 113 Å². The standard InChI is InChI=1S/C13H11IO3/c1-17-11-5-4-8-6-10(12(14)13(15)16)3-2-9(8)7-11/h2-7,12H,1H3,(H,15,16). The number of benzene rings is 2. The molecule has 4 heteroatoms. The zero-order chi connectivity index (χ0) is 12.4. The fourth-order valence-electron chi connectivity index (χ4n) is 1.67. The van der Waals surface area contributed by atoms with Crippen molar-refractivity contribution in [3.8, 4) is 5.75 Å². The Bertz CT molecular complexity index is 566. The summed E-state index contributed by atoms with van der Waals surface area (Å²) in [6.45, 7) is 0. The van der Waals surface area contributed by atoms with Crippen LogP contribution in [0.1, 0.15) is 9.49 Å². The molecule has 2 aromatic rings. The first-order chi connectivity index (χ1) is 8.11. The lowest BCUT2D eigenvalue weighted by Gasteiger charge is -2.07. The van der Waals surface area contributed by atoms with Gasteiger partial charge in [0.2, 0.25) is 0 Å². The number of aliphatic carboxylic acids is 1. The number of halogens is 1. The molecule has 0 amide bonds. The molecule has 2 aromatic carbocycles. The van der Waals surface area contributed by atoms with Gasteiger partial charge < -0.3 is 9.84 Å². The molecular formula is C13H11IO3. The summed E-state index contributed by atoms with van der Waals surface area (Å²) in [7, 11) is 1.63. The van der Waals surface area contributed by atoms with Gasteiger partial charge in [0.25, 0.3) is 0 Å². The van der Waals surface area contributed by atoms with Crippen molar-refractivity contribution >= 4 is 39.3 Å². The minimum atomic E-state index is -0.821. The van der Waals surface area contributed by atoms with E-state index in [9.17, 15) is 4.79 Å². The first kappa shape index (κ1) is 12.2. The second kappa shape index (κ2) is 4.91. The van der Waals surface area contributed by atoms with E-state index in [0.717, 1.165) is 22.1 Å². The Morgan fingerprint density at radius 3 is 2.53 bits per heavy atom. The number of carboxylic acids is 1. The molecule has 2 rings (SSSR count). The lowest BCUT2D eigenvalue weighted by molar-refractivity contribution is -0.136. The summed E-state index contributed by atoms with van der Waals surface area (Å²) in [5, 5.41) is 11.0. The van der Waals surface area contributed by atoms with E-state index in [4.69, 9.17) is 9.84 Å². The number of alkyl halides is 1. The van der Waals surface area contributed by atoms with Gasteiger partial charge in [-0.1, -0.05) is 40.8 Å². The van der Waals surface area contributed by atoms with Crippen LogP contribution in [0.4, 0.5) is 0 Å². The summed E-state index contributed by atoms with van der Waals surface area (Å²) in [6.07, 6.45) is 0. The van der Waals surface area contributed by atoms with E-state index in [1.165, 1.54) is 0 Å². The molecule has 1 atom stereocenters. The Balaban J connectivity index is 2.48. The molecule has 0 aliphatic rings. The van der Waals surface area contributed by atoms with E-state index in [0.29, 0.717) is 0 Å². The second-order valence-corrected chi connectivity index (χ2v) is 4.92. The number of rotatable bonds is 3. The molecule has 0 saturated carbocycles. The predicted octanol–water partition coefficient (Wildman–Crippen LogP) is 3.41. The van der Waals surface area contributed by atoms with Crippen LogP contribution in [0.5, 0.6) is 5.75 Å². The number of methoxy groups -OCH3 is 1. The molecule has 0 bridgehead atoms. The highest BCUT2D eigenvalue weighted by molar-refractivity contribution is 14.1. The fourth-order valence-corrected chi connectivity index (χ4v) is 2.06. The molecule has 1 N–H and O–H groups in total. The van der Waals surface area contributed by atoms with Crippen LogP contribution in [0, 0.1) is 0 Å². The van der Waals surface area contributed by atoms with Crippen LogP contribution in [0.15, 0.2) is 36.4 Å². The summed E-state index contributed by atoms with van der Waals surface area (Å²) in [5.41, 5.74) is 0.802. The summed E-state index contributed by atoms with van der Waals surface area (Å²) < 4.78 is 4.63. The third-order valence-electron chi connectivity index (χ3n) is 2.58. The first-order valence-electron chi connectivity index (χ1n) is 5.06. The minimum absolute atomic E-state index is 0.515. The first-order valence-corrected chi connectivity index (χ1v) is 6.31. The normalized spacial score (nSPS) is 12.4. The van der Waals surface area contributed by atoms with Crippen LogP contribution >= 0.6 is 22.6 Å². The number of fused-ring (bicyclic) bond motifs is 1. The van der Waals surface area contributed by atoms with Gasteiger partial charge in [-0.05, 0) is 34.5 Å². The van der Waals surface area contributed by atoms with Crippen molar-refractivity contribution in [3.63, 3.8) is 0 Å². The Hall–Kier alpha value is -1.30. The van der Waals surface area contributed by atoms with Gasteiger partial charge in [0.05, 0.1) is 7.11 Å². The monoisotopic (exact) mass is 342 g/mol. The Kier molecular flexibility index (Phi) is 3.51. The van der Waals surface area contributed by atoms with Crippen molar-refractivity contribution < 1.29 is 14.6 Å². The molecule has 88 valence electrons. The van der Waals surface area contributed by atoms with Crippen LogP contribution in [0.2, 0.25) is 0 Å². The topological polar surface area (TPSA) is 46.5 Å². The van der Waals surface area contributed by atoms with E-state index in [2.05, 4.69) is 0 Å². The molecular weight excluding hydrogens is 331 g/mol. The van der Waals surface area contributed by atoms with E-state index >= 15 is 0 Å². The highest BCUT2D eigenvalue weighted by atomic mass is 127. The maximum absolute atomic E-state index is 10.9. The third-order valence-corrected chi connectivity index (χ3v) is 3.83. The predicted molar refractivity (Wildman–Crippen MR) is 74.9 cm³/mol. The summed E-state index contributed by atoms with van der Waals surface area (Å²) in [6, 6.07) is 11.4. The smallest absolute Gasteiger partial charge is 0.320 e. The zero-order valence-electron chi connectivity index (χ0n) is 9.18. The molecule has 0 fully saturated rings. The number of ether oxygens (including phenoxy) is 1. The van der Waals surface area contributed by atoms with Gasteiger partial charge in [0.15, 0.2) is 0 Å². The van der Waals surface area contributed by atoms with Crippen LogP contribution in [0.3, 0.4) is 0 Å². The maximum Gasteiger partial charge on any atom is 0.320 e. The van der Waals surface area contributed by atoms with Gasteiger partial charge >= 0.3 is 5.97 Å².